The van der Waals surface area contributed by atoms with Crippen molar-refractivity contribution >= 4 is 22.2 Å². The van der Waals surface area contributed by atoms with E-state index in [0.29, 0.717) is 12.8 Å². The van der Waals surface area contributed by atoms with Crippen molar-refractivity contribution in [2.24, 2.45) is 4.99 Å². The minimum Gasteiger partial charge on any atom is -0.862 e. The van der Waals surface area contributed by atoms with E-state index in [9.17, 15) is 41.7 Å². The zero-order chi connectivity index (χ0) is 23.8. The number of alkyl halides is 3. The molecule has 4 N–H and O–H groups in total. The Labute approximate surface area is 176 Å². The summed E-state index contributed by atoms with van der Waals surface area (Å²) in [5.41, 5.74) is 0. The number of unbranched alkanes of at least 4 members (excludes halogenated alkanes) is 2. The van der Waals surface area contributed by atoms with Gasteiger partial charge in [0, 0.05) is 13.2 Å². The maximum absolute atomic E-state index is 12.0. The summed E-state index contributed by atoms with van der Waals surface area (Å²) in [6.45, 7) is -0.0431. The average Bonchev–Trinajstić information content (AvgIpc) is 2.63. The van der Waals surface area contributed by atoms with E-state index < -0.39 is 65.6 Å². The number of nitrogens with one attached hydrogen (secondary N) is 1. The van der Waals surface area contributed by atoms with Crippen LogP contribution in [0.3, 0.4) is 0 Å². The highest BCUT2D eigenvalue weighted by Gasteiger charge is 2.45. The van der Waals surface area contributed by atoms with Crippen molar-refractivity contribution in [3.05, 3.63) is 0 Å². The molecule has 1 saturated heterocycles. The minimum absolute atomic E-state index is 0.0590. The summed E-state index contributed by atoms with van der Waals surface area (Å²) in [6.07, 6.45) is -10.3. The molecule has 1 heterocycles. The van der Waals surface area contributed by atoms with E-state index in [-0.39, 0.29) is 19.6 Å². The van der Waals surface area contributed by atoms with Crippen LogP contribution < -0.4 is 10.4 Å². The summed E-state index contributed by atoms with van der Waals surface area (Å²) in [7, 11) is -4.85. The van der Waals surface area contributed by atoms with Crippen LogP contribution >= 0.6 is 0 Å². The standard InChI is InChI=1S/C15H25F3N2O10S/c1-8(21)20-10-12(23)11(22)9(7-29-31(25,26)27)30-13(10)28-6-4-2-3-5-19-14(24)15(16,17)18/h9-13,22-23H,2-7H2,1H3,(H,19,24)(H,20,21)(H,25,26,27)/p-1/t9-,10-,11-,12-,13-/m1/s1. The molecule has 182 valence electrons. The van der Waals surface area contributed by atoms with Gasteiger partial charge in [-0.25, -0.2) is 4.18 Å². The van der Waals surface area contributed by atoms with Gasteiger partial charge in [-0.1, -0.05) is 0 Å². The molecule has 12 nitrogen and oxygen atoms in total. The largest absolute Gasteiger partial charge is 0.862 e. The van der Waals surface area contributed by atoms with E-state index in [1.165, 1.54) is 0 Å². The second kappa shape index (κ2) is 11.9. The fourth-order valence-electron chi connectivity index (χ4n) is 2.60. The summed E-state index contributed by atoms with van der Waals surface area (Å²) < 4.78 is 81.0. The van der Waals surface area contributed by atoms with E-state index in [4.69, 9.17) is 14.0 Å². The number of aliphatic hydroxyl groups excluding tert-OH is 2. The zero-order valence-electron chi connectivity index (χ0n) is 16.3. The average molecular weight is 481 g/mol. The Kier molecular flexibility index (Phi) is 10.5. The second-order valence-corrected chi connectivity index (χ2v) is 7.65. The number of nitrogens with zero attached hydrogens (tertiary/aromatic N) is 1. The van der Waals surface area contributed by atoms with Crippen LogP contribution in [0, 0.1) is 0 Å². The van der Waals surface area contributed by atoms with Crippen LogP contribution in [-0.2, 0) is 28.9 Å². The van der Waals surface area contributed by atoms with Crippen molar-refractivity contribution in [2.75, 3.05) is 19.8 Å². The monoisotopic (exact) mass is 481 g/mol. The number of carbonyl (C=O) groups excluding carboxylic acids is 1. The summed E-state index contributed by atoms with van der Waals surface area (Å²) in [5, 5.41) is 33.2. The third kappa shape index (κ3) is 10.1. The summed E-state index contributed by atoms with van der Waals surface area (Å²) in [4.78, 5) is 14.3. The van der Waals surface area contributed by atoms with E-state index in [1.54, 1.807) is 5.32 Å². The Morgan fingerprint density at radius 2 is 1.87 bits per heavy atom. The fourth-order valence-corrected chi connectivity index (χ4v) is 2.90. The molecule has 0 aromatic rings. The lowest BCUT2D eigenvalue weighted by Gasteiger charge is -2.41. The molecule has 0 aromatic heterocycles. The van der Waals surface area contributed by atoms with E-state index in [2.05, 4.69) is 9.18 Å². The number of carbonyl (C=O) groups is 1. The Morgan fingerprint density at radius 1 is 1.23 bits per heavy atom. The molecule has 1 amide bonds. The van der Waals surface area contributed by atoms with Crippen molar-refractivity contribution < 1.29 is 59.9 Å². The molecule has 0 saturated carbocycles. The molecule has 5 atom stereocenters. The van der Waals surface area contributed by atoms with Crippen molar-refractivity contribution in [2.45, 2.75) is 63.0 Å². The first-order valence-electron chi connectivity index (χ1n) is 9.04. The molecule has 0 spiro atoms. The molecular formula is C15H24F3N2O10S-. The maximum Gasteiger partial charge on any atom is 0.471 e. The topological polar surface area (TPSA) is 187 Å². The predicted octanol–water partition coefficient (Wildman–Crippen LogP) is -1.73. The van der Waals surface area contributed by atoms with Gasteiger partial charge in [-0.2, -0.15) is 21.6 Å². The highest BCUT2D eigenvalue weighted by atomic mass is 32.3. The molecule has 1 aliphatic rings. The van der Waals surface area contributed by atoms with Gasteiger partial charge in [0.05, 0.1) is 6.61 Å². The summed E-state index contributed by atoms with van der Waals surface area (Å²) >= 11 is 0. The number of aliphatic hydroxyl groups is 2. The van der Waals surface area contributed by atoms with Gasteiger partial charge in [0.25, 0.3) is 0 Å². The molecule has 16 heteroatoms. The molecule has 31 heavy (non-hydrogen) atoms. The molecule has 0 aliphatic carbocycles. The number of halogens is 3. The normalized spacial score (nSPS) is 27.8. The van der Waals surface area contributed by atoms with Crippen LogP contribution in [0.4, 0.5) is 13.2 Å². The quantitative estimate of drug-likeness (QED) is 0.114. The highest BCUT2D eigenvalue weighted by Crippen LogP contribution is 2.25. The van der Waals surface area contributed by atoms with Crippen LogP contribution in [0.1, 0.15) is 26.2 Å². The number of hydrogen-bond donors (Lipinski definition) is 4. The molecule has 1 fully saturated rings. The molecule has 0 radical (unpaired) electrons. The van der Waals surface area contributed by atoms with Crippen molar-refractivity contribution in [3.8, 4) is 0 Å². The van der Waals surface area contributed by atoms with Gasteiger partial charge in [-0.15, -0.1) is 0 Å². The third-order valence-corrected chi connectivity index (χ3v) is 4.46. The van der Waals surface area contributed by atoms with Crippen molar-refractivity contribution in [1.82, 2.24) is 5.32 Å². The number of hydrogen-bond acceptors (Lipinski definition) is 10. The number of rotatable bonds is 11. The third-order valence-electron chi connectivity index (χ3n) is 4.03. The summed E-state index contributed by atoms with van der Waals surface area (Å²) in [5.74, 6) is -2.75. The van der Waals surface area contributed by atoms with Crippen LogP contribution in [-0.4, -0.2) is 91.6 Å². The zero-order valence-corrected chi connectivity index (χ0v) is 17.1. The van der Waals surface area contributed by atoms with Crippen LogP contribution in [0.5, 0.6) is 0 Å². The molecule has 0 aromatic carbocycles. The minimum atomic E-state index is -4.96. The highest BCUT2D eigenvalue weighted by molar-refractivity contribution is 7.80. The van der Waals surface area contributed by atoms with E-state index in [0.717, 1.165) is 6.92 Å². The molecule has 1 rings (SSSR count). The number of aliphatic imine (C=N–C) groups is 1. The van der Waals surface area contributed by atoms with Crippen LogP contribution in [0.25, 0.3) is 0 Å². The predicted molar refractivity (Wildman–Crippen MR) is 93.9 cm³/mol. The van der Waals surface area contributed by atoms with Crippen LogP contribution in [0.2, 0.25) is 0 Å². The lowest BCUT2D eigenvalue weighted by atomic mass is 9.97. The van der Waals surface area contributed by atoms with Gasteiger partial charge >= 0.3 is 22.5 Å². The Hall–Kier alpha value is -1.56. The SMILES string of the molecule is CC([O-])=N[C@H]1[C@H](OCCCCCNC(=O)C(F)(F)F)O[C@H](COS(=O)(=O)O)[C@@H](O)[C@@H]1O. The van der Waals surface area contributed by atoms with Gasteiger partial charge in [-0.05, 0) is 32.1 Å². The summed E-state index contributed by atoms with van der Waals surface area (Å²) in [6, 6.07) is -1.35. The lowest BCUT2D eigenvalue weighted by molar-refractivity contribution is -0.267. The van der Waals surface area contributed by atoms with Gasteiger partial charge in [0.15, 0.2) is 6.29 Å². The lowest BCUT2D eigenvalue weighted by Crippen LogP contribution is -2.59. The first-order chi connectivity index (χ1) is 14.2. The van der Waals surface area contributed by atoms with Gasteiger partial charge in [0.2, 0.25) is 0 Å². The van der Waals surface area contributed by atoms with Crippen molar-refractivity contribution in [1.29, 1.82) is 0 Å². The molecule has 0 unspecified atom stereocenters. The molecular weight excluding hydrogens is 457 g/mol. The Bertz CT molecular complexity index is 714. The van der Waals surface area contributed by atoms with Gasteiger partial charge in [0.1, 0.15) is 24.4 Å². The second-order valence-electron chi connectivity index (χ2n) is 6.56. The molecule has 0 bridgehead atoms. The number of ether oxygens (including phenoxy) is 2. The Balaban J connectivity index is 2.56. The van der Waals surface area contributed by atoms with Gasteiger partial charge < -0.3 is 30.1 Å². The number of amides is 1. The first-order valence-corrected chi connectivity index (χ1v) is 10.4. The van der Waals surface area contributed by atoms with E-state index >= 15 is 0 Å². The van der Waals surface area contributed by atoms with Crippen molar-refractivity contribution in [3.63, 3.8) is 0 Å². The Morgan fingerprint density at radius 3 is 2.42 bits per heavy atom. The van der Waals surface area contributed by atoms with E-state index in [1.807, 2.05) is 0 Å². The smallest absolute Gasteiger partial charge is 0.471 e. The van der Waals surface area contributed by atoms with Crippen LogP contribution in [0.15, 0.2) is 4.99 Å². The fraction of sp³-hybridized carbons (Fsp3) is 0.867. The van der Waals surface area contributed by atoms with Gasteiger partial charge in [-0.3, -0.25) is 14.3 Å². The maximum atomic E-state index is 12.0. The molecule has 1 aliphatic heterocycles. The first kappa shape index (κ1) is 27.5.